The summed E-state index contributed by atoms with van der Waals surface area (Å²) in [4.78, 5) is 22.3. The maximum atomic E-state index is 12.0. The first-order valence-corrected chi connectivity index (χ1v) is 6.43. The highest BCUT2D eigenvalue weighted by Gasteiger charge is 2.20. The van der Waals surface area contributed by atoms with E-state index in [2.05, 4.69) is 10.6 Å². The van der Waals surface area contributed by atoms with Gasteiger partial charge in [0.2, 0.25) is 0 Å². The highest BCUT2D eigenvalue weighted by Crippen LogP contribution is 2.17. The number of hydrogen-bond acceptors (Lipinski definition) is 4. The summed E-state index contributed by atoms with van der Waals surface area (Å²) in [5.41, 5.74) is -0.0417. The van der Waals surface area contributed by atoms with Crippen molar-refractivity contribution in [1.82, 2.24) is 10.6 Å². The van der Waals surface area contributed by atoms with Gasteiger partial charge in [-0.1, -0.05) is 18.6 Å². The Balaban J connectivity index is 1.97. The number of hydrogen-bond donors (Lipinski definition) is 2. The van der Waals surface area contributed by atoms with E-state index in [0.29, 0.717) is 6.54 Å². The van der Waals surface area contributed by atoms with E-state index in [0.717, 1.165) is 25.8 Å². The molecule has 2 N–H and O–H groups in total. The zero-order valence-electron chi connectivity index (χ0n) is 10.6. The van der Waals surface area contributed by atoms with Crippen LogP contribution >= 0.6 is 0 Å². The fourth-order valence-electron chi connectivity index (χ4n) is 2.23. The van der Waals surface area contributed by atoms with Crippen molar-refractivity contribution in [2.45, 2.75) is 25.3 Å². The van der Waals surface area contributed by atoms with E-state index in [9.17, 15) is 14.9 Å². The van der Waals surface area contributed by atoms with Crippen molar-refractivity contribution < 1.29 is 9.72 Å². The van der Waals surface area contributed by atoms with E-state index in [-0.39, 0.29) is 23.2 Å². The van der Waals surface area contributed by atoms with Crippen molar-refractivity contribution in [3.63, 3.8) is 0 Å². The molecule has 1 aliphatic heterocycles. The van der Waals surface area contributed by atoms with Crippen LogP contribution in [-0.2, 0) is 0 Å². The second-order valence-electron chi connectivity index (χ2n) is 4.63. The minimum Gasteiger partial charge on any atom is -0.350 e. The normalized spacial score (nSPS) is 18.8. The van der Waals surface area contributed by atoms with E-state index in [1.165, 1.54) is 12.1 Å². The number of nitro benzene ring substituents is 1. The number of nitrogens with one attached hydrogen (secondary N) is 2. The second kappa shape index (κ2) is 6.29. The van der Waals surface area contributed by atoms with Crippen molar-refractivity contribution >= 4 is 11.6 Å². The molecule has 1 aliphatic rings. The molecule has 0 bridgehead atoms. The molecule has 1 amide bonds. The number of piperidine rings is 1. The van der Waals surface area contributed by atoms with Crippen LogP contribution in [-0.4, -0.2) is 30.0 Å². The molecule has 0 aromatic heterocycles. The molecule has 0 radical (unpaired) electrons. The van der Waals surface area contributed by atoms with E-state index >= 15 is 0 Å². The summed E-state index contributed by atoms with van der Waals surface area (Å²) in [7, 11) is 0. The van der Waals surface area contributed by atoms with Crippen LogP contribution in [0, 0.1) is 10.1 Å². The van der Waals surface area contributed by atoms with E-state index in [1.807, 2.05) is 0 Å². The van der Waals surface area contributed by atoms with Crippen LogP contribution < -0.4 is 10.6 Å². The van der Waals surface area contributed by atoms with Crippen LogP contribution in [0.2, 0.25) is 0 Å². The lowest BCUT2D eigenvalue weighted by atomic mass is 10.0. The van der Waals surface area contributed by atoms with Crippen molar-refractivity contribution in [1.29, 1.82) is 0 Å². The molecule has 102 valence electrons. The monoisotopic (exact) mass is 263 g/mol. The molecule has 0 aliphatic carbocycles. The second-order valence-corrected chi connectivity index (χ2v) is 4.63. The van der Waals surface area contributed by atoms with E-state index in [4.69, 9.17) is 0 Å². The highest BCUT2D eigenvalue weighted by molar-refractivity contribution is 5.98. The van der Waals surface area contributed by atoms with Crippen LogP contribution in [0.1, 0.15) is 29.6 Å². The topological polar surface area (TPSA) is 84.3 Å². The van der Waals surface area contributed by atoms with Gasteiger partial charge in [0.05, 0.1) is 4.92 Å². The minimum absolute atomic E-state index is 0.114. The van der Waals surface area contributed by atoms with Crippen molar-refractivity contribution in [2.75, 3.05) is 13.1 Å². The molecule has 1 atom stereocenters. The predicted octanol–water partition coefficient (Wildman–Crippen LogP) is 1.47. The van der Waals surface area contributed by atoms with Gasteiger partial charge in [0, 0.05) is 18.7 Å². The van der Waals surface area contributed by atoms with Crippen molar-refractivity contribution in [3.8, 4) is 0 Å². The fraction of sp³-hybridized carbons (Fsp3) is 0.462. The molecular formula is C13H17N3O3. The molecule has 1 aromatic carbocycles. The minimum atomic E-state index is -0.534. The molecule has 1 unspecified atom stereocenters. The summed E-state index contributed by atoms with van der Waals surface area (Å²) in [6.07, 6.45) is 3.34. The number of rotatable bonds is 4. The average molecular weight is 263 g/mol. The number of nitro groups is 1. The summed E-state index contributed by atoms with van der Waals surface area (Å²) >= 11 is 0. The largest absolute Gasteiger partial charge is 0.350 e. The molecule has 19 heavy (non-hydrogen) atoms. The Hall–Kier alpha value is -1.95. The Morgan fingerprint density at radius 2 is 2.21 bits per heavy atom. The molecule has 1 saturated heterocycles. The molecule has 1 heterocycles. The smallest absolute Gasteiger partial charge is 0.282 e. The first-order chi connectivity index (χ1) is 9.18. The third-order valence-electron chi connectivity index (χ3n) is 3.27. The number of benzene rings is 1. The molecule has 6 heteroatoms. The third kappa shape index (κ3) is 3.51. The first-order valence-electron chi connectivity index (χ1n) is 6.43. The summed E-state index contributed by atoms with van der Waals surface area (Å²) in [6.45, 7) is 1.47. The zero-order valence-corrected chi connectivity index (χ0v) is 10.6. The van der Waals surface area contributed by atoms with Gasteiger partial charge >= 0.3 is 0 Å². The lowest BCUT2D eigenvalue weighted by Crippen LogP contribution is -2.43. The Kier molecular flexibility index (Phi) is 4.46. The van der Waals surface area contributed by atoms with Crippen LogP contribution in [0.5, 0.6) is 0 Å². The Labute approximate surface area is 111 Å². The van der Waals surface area contributed by atoms with Gasteiger partial charge in [0.15, 0.2) is 0 Å². The standard InChI is InChI=1S/C13H17N3O3/c17-13(15-9-10-5-3-4-8-14-10)11-6-1-2-7-12(11)16(18)19/h1-2,6-7,10,14H,3-5,8-9H2,(H,15,17). The van der Waals surface area contributed by atoms with Crippen LogP contribution in [0.3, 0.4) is 0 Å². The maximum absolute atomic E-state index is 12.0. The lowest BCUT2D eigenvalue weighted by Gasteiger charge is -2.23. The van der Waals surface area contributed by atoms with Crippen LogP contribution in [0.15, 0.2) is 24.3 Å². The number of nitrogens with zero attached hydrogens (tertiary/aromatic N) is 1. The van der Waals surface area contributed by atoms with Crippen molar-refractivity contribution in [3.05, 3.63) is 39.9 Å². The molecule has 1 aromatic rings. The van der Waals surface area contributed by atoms with Gasteiger partial charge < -0.3 is 10.6 Å². The SMILES string of the molecule is O=C(NCC1CCCCN1)c1ccccc1[N+](=O)[O-]. The molecule has 1 fully saturated rings. The lowest BCUT2D eigenvalue weighted by molar-refractivity contribution is -0.385. The summed E-state index contributed by atoms with van der Waals surface area (Å²) in [5, 5.41) is 16.9. The Morgan fingerprint density at radius 3 is 2.89 bits per heavy atom. The van der Waals surface area contributed by atoms with Gasteiger partial charge in [-0.3, -0.25) is 14.9 Å². The Morgan fingerprint density at radius 1 is 1.42 bits per heavy atom. The number of carbonyl (C=O) groups excluding carboxylic acids is 1. The Bertz CT molecular complexity index is 470. The van der Waals surface area contributed by atoms with E-state index < -0.39 is 4.92 Å². The third-order valence-corrected chi connectivity index (χ3v) is 3.27. The van der Waals surface area contributed by atoms with Gasteiger partial charge in [-0.05, 0) is 25.5 Å². The quantitative estimate of drug-likeness (QED) is 0.636. The average Bonchev–Trinajstić information content (AvgIpc) is 2.46. The van der Waals surface area contributed by atoms with Crippen LogP contribution in [0.4, 0.5) is 5.69 Å². The van der Waals surface area contributed by atoms with Gasteiger partial charge in [-0.25, -0.2) is 0 Å². The molecular weight excluding hydrogens is 246 g/mol. The number of para-hydroxylation sites is 1. The van der Waals surface area contributed by atoms with E-state index in [1.54, 1.807) is 12.1 Å². The van der Waals surface area contributed by atoms with Gasteiger partial charge in [0.25, 0.3) is 11.6 Å². The summed E-state index contributed by atoms with van der Waals surface area (Å²) in [6, 6.07) is 6.26. The summed E-state index contributed by atoms with van der Waals surface area (Å²) in [5.74, 6) is -0.389. The predicted molar refractivity (Wildman–Crippen MR) is 71.1 cm³/mol. The van der Waals surface area contributed by atoms with Gasteiger partial charge in [-0.2, -0.15) is 0 Å². The zero-order chi connectivity index (χ0) is 13.7. The van der Waals surface area contributed by atoms with Gasteiger partial charge in [-0.15, -0.1) is 0 Å². The maximum Gasteiger partial charge on any atom is 0.282 e. The van der Waals surface area contributed by atoms with Gasteiger partial charge in [0.1, 0.15) is 5.56 Å². The number of carbonyl (C=O) groups is 1. The highest BCUT2D eigenvalue weighted by atomic mass is 16.6. The van der Waals surface area contributed by atoms with Crippen molar-refractivity contribution in [2.24, 2.45) is 0 Å². The van der Waals surface area contributed by atoms with Crippen LogP contribution in [0.25, 0.3) is 0 Å². The summed E-state index contributed by atoms with van der Waals surface area (Å²) < 4.78 is 0. The molecule has 0 spiro atoms. The molecule has 0 saturated carbocycles. The first kappa shape index (κ1) is 13.5. The molecule has 6 nitrogen and oxygen atoms in total. The number of amides is 1. The molecule has 2 rings (SSSR count). The fourth-order valence-corrected chi connectivity index (χ4v) is 2.23.